The fourth-order valence-corrected chi connectivity index (χ4v) is 1.64. The molecule has 10 heavy (non-hydrogen) atoms. The van der Waals surface area contributed by atoms with Gasteiger partial charge in [-0.25, -0.2) is 0 Å². The fourth-order valence-electron chi connectivity index (χ4n) is 0.720. The summed E-state index contributed by atoms with van der Waals surface area (Å²) in [5, 5.41) is 0.908. The van der Waals surface area contributed by atoms with E-state index in [9.17, 15) is 8.42 Å². The van der Waals surface area contributed by atoms with Gasteiger partial charge < -0.3 is 0 Å². The molecule has 0 heterocycles. The van der Waals surface area contributed by atoms with E-state index in [1.807, 2.05) is 12.2 Å². The predicted molar refractivity (Wildman–Crippen MR) is 45.5 cm³/mol. The Morgan fingerprint density at radius 3 is 2.60 bits per heavy atom. The van der Waals surface area contributed by atoms with Crippen LogP contribution in [0.15, 0.2) is 23.5 Å². The number of rotatable bonds is 0. The van der Waals surface area contributed by atoms with Crippen LogP contribution in [0.4, 0.5) is 0 Å². The molecular weight excluding hydrogens is 167 g/mol. The highest BCUT2D eigenvalue weighted by molar-refractivity contribution is 7.73. The van der Waals surface area contributed by atoms with Crippen molar-refractivity contribution in [3.05, 3.63) is 23.5 Å². The molecule has 0 aromatic heterocycles. The summed E-state index contributed by atoms with van der Waals surface area (Å²) in [5.41, 5.74) is 0. The second kappa shape index (κ2) is 3.13. The molecule has 0 aromatic rings. The zero-order chi connectivity index (χ0) is 7.56. The maximum Gasteiger partial charge on any atom is 0.217 e. The first-order valence-corrected chi connectivity index (χ1v) is 4.44. The first-order valence-electron chi connectivity index (χ1n) is 2.79. The zero-order valence-corrected chi connectivity index (χ0v) is 7.21. The maximum absolute atomic E-state index is 10.4. The minimum absolute atomic E-state index is 0.451. The Balaban J connectivity index is 3.12. The molecule has 0 spiro atoms. The molecule has 1 aliphatic carbocycles. The molecule has 0 radical (unpaired) electrons. The van der Waals surface area contributed by atoms with Crippen LogP contribution >= 0.6 is 9.24 Å². The van der Waals surface area contributed by atoms with Gasteiger partial charge in [-0.2, -0.15) is 8.42 Å². The lowest BCUT2D eigenvalue weighted by atomic mass is 10.2. The molecule has 2 nitrogen and oxygen atoms in total. The fraction of sp³-hybridized carbons (Fsp3) is 0.167. The van der Waals surface area contributed by atoms with Crippen molar-refractivity contribution in [3.8, 4) is 0 Å². The topological polar surface area (TPSA) is 34.1 Å². The summed E-state index contributed by atoms with van der Waals surface area (Å²) in [6, 6.07) is 0. The van der Waals surface area contributed by atoms with Crippen molar-refractivity contribution in [2.24, 2.45) is 0 Å². The van der Waals surface area contributed by atoms with Crippen LogP contribution in [0.5, 0.6) is 0 Å². The summed E-state index contributed by atoms with van der Waals surface area (Å²) in [6.07, 6.45) is 5.87. The minimum Gasteiger partial charge on any atom is -0.184 e. The van der Waals surface area contributed by atoms with Crippen molar-refractivity contribution in [1.29, 1.82) is 0 Å². The standard InChI is InChI=1S/C6H7O2PS/c7-10(8)6-3-1-2-5(9)4-6/h1-2,4H,3,9H2. The third-order valence-corrected chi connectivity index (χ3v) is 2.24. The number of hydrogen-bond acceptors (Lipinski definition) is 2. The van der Waals surface area contributed by atoms with Crippen LogP contribution in [0, 0.1) is 0 Å². The van der Waals surface area contributed by atoms with Crippen LogP contribution in [0.3, 0.4) is 0 Å². The Morgan fingerprint density at radius 2 is 2.20 bits per heavy atom. The van der Waals surface area contributed by atoms with Crippen LogP contribution < -0.4 is 0 Å². The molecule has 0 bridgehead atoms. The van der Waals surface area contributed by atoms with Gasteiger partial charge in [-0.15, -0.1) is 9.24 Å². The van der Waals surface area contributed by atoms with Crippen molar-refractivity contribution in [1.82, 2.24) is 0 Å². The SMILES string of the molecule is O=S(=O)=C1C=C(P)C=CC1. The quantitative estimate of drug-likeness (QED) is 0.401. The lowest BCUT2D eigenvalue weighted by Crippen LogP contribution is -1.96. The highest BCUT2D eigenvalue weighted by atomic mass is 32.2. The third kappa shape index (κ3) is 1.79. The smallest absolute Gasteiger partial charge is 0.184 e. The van der Waals surface area contributed by atoms with Crippen LogP contribution in [-0.2, 0) is 10.3 Å². The van der Waals surface area contributed by atoms with E-state index in [2.05, 4.69) is 9.24 Å². The molecule has 1 rings (SSSR count). The second-order valence-corrected chi connectivity index (χ2v) is 3.61. The van der Waals surface area contributed by atoms with Crippen LogP contribution in [0.2, 0.25) is 0 Å². The van der Waals surface area contributed by atoms with E-state index < -0.39 is 10.3 Å². The average Bonchev–Trinajstić information content (AvgIpc) is 1.88. The second-order valence-electron chi connectivity index (χ2n) is 1.95. The van der Waals surface area contributed by atoms with E-state index in [-0.39, 0.29) is 0 Å². The predicted octanol–water partition coefficient (Wildman–Crippen LogP) is 0.757. The number of hydrogen-bond donors (Lipinski definition) is 0. The van der Waals surface area contributed by atoms with Crippen molar-refractivity contribution < 1.29 is 8.42 Å². The van der Waals surface area contributed by atoms with E-state index in [0.717, 1.165) is 5.31 Å². The molecule has 1 aliphatic rings. The van der Waals surface area contributed by atoms with Gasteiger partial charge >= 0.3 is 0 Å². The van der Waals surface area contributed by atoms with Gasteiger partial charge in [0, 0.05) is 6.42 Å². The van der Waals surface area contributed by atoms with E-state index >= 15 is 0 Å². The van der Waals surface area contributed by atoms with Crippen molar-refractivity contribution >= 4 is 24.4 Å². The summed E-state index contributed by atoms with van der Waals surface area (Å²) < 4.78 is 20.8. The van der Waals surface area contributed by atoms with E-state index in [1.165, 1.54) is 0 Å². The van der Waals surface area contributed by atoms with E-state index in [0.29, 0.717) is 11.3 Å². The Morgan fingerprint density at radius 1 is 1.50 bits per heavy atom. The molecule has 4 heteroatoms. The average molecular weight is 174 g/mol. The number of allylic oxidation sites excluding steroid dienone is 4. The van der Waals surface area contributed by atoms with Gasteiger partial charge in [-0.1, -0.05) is 12.2 Å². The van der Waals surface area contributed by atoms with Gasteiger partial charge in [0.05, 0.1) is 4.86 Å². The van der Waals surface area contributed by atoms with Gasteiger partial charge in [0.1, 0.15) is 0 Å². The summed E-state index contributed by atoms with van der Waals surface area (Å²) in [5.74, 6) is 0. The summed E-state index contributed by atoms with van der Waals surface area (Å²) in [4.78, 5) is 0.451. The Hall–Kier alpha value is -0.400. The Bertz CT molecular complexity index is 314. The first kappa shape index (κ1) is 7.70. The molecule has 0 saturated heterocycles. The molecular formula is C6H7O2PS. The van der Waals surface area contributed by atoms with E-state index in [4.69, 9.17) is 0 Å². The highest BCUT2D eigenvalue weighted by Crippen LogP contribution is 2.12. The Kier molecular flexibility index (Phi) is 2.41. The Labute approximate surface area is 63.4 Å². The monoisotopic (exact) mass is 174 g/mol. The molecule has 0 fully saturated rings. The first-order chi connectivity index (χ1) is 4.70. The van der Waals surface area contributed by atoms with Gasteiger partial charge in [0.2, 0.25) is 10.3 Å². The molecule has 54 valence electrons. The van der Waals surface area contributed by atoms with Crippen LogP contribution in [0.25, 0.3) is 0 Å². The molecule has 0 amide bonds. The van der Waals surface area contributed by atoms with Crippen LogP contribution in [0.1, 0.15) is 6.42 Å². The molecule has 0 saturated carbocycles. The summed E-state index contributed by atoms with van der Waals surface area (Å²) in [7, 11) is 0.408. The molecule has 1 unspecified atom stereocenters. The normalized spacial score (nSPS) is 16.9. The lowest BCUT2D eigenvalue weighted by molar-refractivity contribution is 0.627. The maximum atomic E-state index is 10.4. The third-order valence-electron chi connectivity index (χ3n) is 1.17. The molecule has 0 N–H and O–H groups in total. The summed E-state index contributed by atoms with van der Waals surface area (Å²) >= 11 is 0. The summed E-state index contributed by atoms with van der Waals surface area (Å²) in [6.45, 7) is 0. The molecule has 0 aliphatic heterocycles. The largest absolute Gasteiger partial charge is 0.217 e. The van der Waals surface area contributed by atoms with Crippen molar-refractivity contribution in [2.75, 3.05) is 0 Å². The highest BCUT2D eigenvalue weighted by Gasteiger charge is 1.99. The molecule has 0 aromatic carbocycles. The lowest BCUT2D eigenvalue weighted by Gasteiger charge is -1.98. The van der Waals surface area contributed by atoms with Gasteiger partial charge in [-0.05, 0) is 11.4 Å². The van der Waals surface area contributed by atoms with Crippen molar-refractivity contribution in [3.63, 3.8) is 0 Å². The van der Waals surface area contributed by atoms with Crippen LogP contribution in [-0.4, -0.2) is 13.3 Å². The van der Waals surface area contributed by atoms with Gasteiger partial charge in [-0.3, -0.25) is 0 Å². The minimum atomic E-state index is -2.05. The molecule has 1 atom stereocenters. The van der Waals surface area contributed by atoms with E-state index in [1.54, 1.807) is 6.08 Å². The zero-order valence-electron chi connectivity index (χ0n) is 5.24. The van der Waals surface area contributed by atoms with Gasteiger partial charge in [0.15, 0.2) is 0 Å². The van der Waals surface area contributed by atoms with Gasteiger partial charge in [0.25, 0.3) is 0 Å². The van der Waals surface area contributed by atoms with Crippen molar-refractivity contribution in [2.45, 2.75) is 6.42 Å².